The standard InChI is InChI=1S/C9H7N3O4S2/c13-9(14)7-3-6(5-17-7)18(15,16)12-8-4-10-1-2-11-8/h1-5H,(H,11,12)(H,13,14). The normalized spacial score (nSPS) is 11.1. The Labute approximate surface area is 106 Å². The average molecular weight is 285 g/mol. The highest BCUT2D eigenvalue weighted by Crippen LogP contribution is 2.21. The molecule has 0 fully saturated rings. The van der Waals surface area contributed by atoms with Crippen LogP contribution in [0, 0.1) is 0 Å². The highest BCUT2D eigenvalue weighted by Gasteiger charge is 2.19. The zero-order valence-corrected chi connectivity index (χ0v) is 10.4. The van der Waals surface area contributed by atoms with Crippen LogP contribution < -0.4 is 4.72 Å². The summed E-state index contributed by atoms with van der Waals surface area (Å²) >= 11 is 0.840. The number of thiophene rings is 1. The van der Waals surface area contributed by atoms with E-state index in [9.17, 15) is 13.2 Å². The Morgan fingerprint density at radius 3 is 2.72 bits per heavy atom. The van der Waals surface area contributed by atoms with Crippen molar-refractivity contribution in [1.82, 2.24) is 9.97 Å². The van der Waals surface area contributed by atoms with Crippen LogP contribution in [-0.4, -0.2) is 29.5 Å². The largest absolute Gasteiger partial charge is 0.477 e. The van der Waals surface area contributed by atoms with E-state index in [1.165, 1.54) is 24.0 Å². The molecule has 0 atom stereocenters. The van der Waals surface area contributed by atoms with Gasteiger partial charge in [-0.15, -0.1) is 11.3 Å². The van der Waals surface area contributed by atoms with Gasteiger partial charge in [-0.1, -0.05) is 0 Å². The van der Waals surface area contributed by atoms with Crippen LogP contribution >= 0.6 is 11.3 Å². The van der Waals surface area contributed by atoms with Crippen LogP contribution in [-0.2, 0) is 10.0 Å². The third-order valence-electron chi connectivity index (χ3n) is 1.90. The number of carbonyl (C=O) groups is 1. The predicted molar refractivity (Wildman–Crippen MR) is 64.1 cm³/mol. The van der Waals surface area contributed by atoms with Crippen molar-refractivity contribution in [3.63, 3.8) is 0 Å². The maximum atomic E-state index is 11.9. The van der Waals surface area contributed by atoms with Gasteiger partial charge in [0, 0.05) is 17.8 Å². The second-order valence-corrected chi connectivity index (χ2v) is 5.74. The van der Waals surface area contributed by atoms with E-state index >= 15 is 0 Å². The summed E-state index contributed by atoms with van der Waals surface area (Å²) < 4.78 is 25.9. The molecule has 18 heavy (non-hydrogen) atoms. The smallest absolute Gasteiger partial charge is 0.345 e. The van der Waals surface area contributed by atoms with Crippen molar-refractivity contribution in [1.29, 1.82) is 0 Å². The van der Waals surface area contributed by atoms with Crippen molar-refractivity contribution in [3.05, 3.63) is 34.9 Å². The van der Waals surface area contributed by atoms with Gasteiger partial charge in [0.1, 0.15) is 4.88 Å². The molecule has 0 aliphatic rings. The van der Waals surface area contributed by atoms with Gasteiger partial charge in [-0.25, -0.2) is 18.2 Å². The molecule has 2 rings (SSSR count). The lowest BCUT2D eigenvalue weighted by molar-refractivity contribution is 0.0702. The quantitative estimate of drug-likeness (QED) is 0.868. The highest BCUT2D eigenvalue weighted by molar-refractivity contribution is 7.92. The Morgan fingerprint density at radius 2 is 2.17 bits per heavy atom. The number of carboxylic acids is 1. The zero-order chi connectivity index (χ0) is 13.2. The fourth-order valence-electron chi connectivity index (χ4n) is 1.12. The Morgan fingerprint density at radius 1 is 1.39 bits per heavy atom. The van der Waals surface area contributed by atoms with Crippen molar-refractivity contribution in [2.75, 3.05) is 4.72 Å². The fraction of sp³-hybridized carbons (Fsp3) is 0. The molecule has 0 aliphatic carbocycles. The van der Waals surface area contributed by atoms with Crippen molar-refractivity contribution < 1.29 is 18.3 Å². The van der Waals surface area contributed by atoms with Crippen LogP contribution in [0.4, 0.5) is 5.82 Å². The highest BCUT2D eigenvalue weighted by atomic mass is 32.2. The summed E-state index contributed by atoms with van der Waals surface area (Å²) in [7, 11) is -3.83. The number of carboxylic acid groups (broad SMARTS) is 1. The molecule has 0 aromatic carbocycles. The minimum atomic E-state index is -3.83. The molecule has 2 aromatic heterocycles. The van der Waals surface area contributed by atoms with Gasteiger partial charge in [0.05, 0.1) is 11.1 Å². The molecule has 0 spiro atoms. The summed E-state index contributed by atoms with van der Waals surface area (Å²) in [5, 5.41) is 9.98. The predicted octanol–water partition coefficient (Wildman–Crippen LogP) is 1.04. The lowest BCUT2D eigenvalue weighted by Gasteiger charge is -2.03. The third kappa shape index (κ3) is 2.63. The SMILES string of the molecule is O=C(O)c1cc(S(=O)(=O)Nc2cnccn2)cs1. The molecule has 0 bridgehead atoms. The first-order chi connectivity index (χ1) is 8.49. The summed E-state index contributed by atoms with van der Waals surface area (Å²) in [5.74, 6) is -1.10. The topological polar surface area (TPSA) is 109 Å². The van der Waals surface area contributed by atoms with E-state index in [2.05, 4.69) is 14.7 Å². The molecule has 0 radical (unpaired) electrons. The van der Waals surface area contributed by atoms with Crippen LogP contribution in [0.25, 0.3) is 0 Å². The van der Waals surface area contributed by atoms with Gasteiger partial charge in [0.15, 0.2) is 5.82 Å². The Kier molecular flexibility index (Phi) is 3.26. The van der Waals surface area contributed by atoms with Gasteiger partial charge < -0.3 is 5.11 Å². The zero-order valence-electron chi connectivity index (χ0n) is 8.77. The number of hydrogen-bond donors (Lipinski definition) is 2. The first-order valence-electron chi connectivity index (χ1n) is 4.60. The lowest BCUT2D eigenvalue weighted by Crippen LogP contribution is -2.13. The number of nitrogens with one attached hydrogen (secondary N) is 1. The molecule has 0 saturated carbocycles. The summed E-state index contributed by atoms with van der Waals surface area (Å²) in [6, 6.07) is 1.09. The van der Waals surface area contributed by atoms with Gasteiger partial charge in [-0.3, -0.25) is 9.71 Å². The minimum Gasteiger partial charge on any atom is -0.477 e. The molecule has 2 heterocycles. The minimum absolute atomic E-state index is 0.0467. The van der Waals surface area contributed by atoms with Crippen LogP contribution in [0.5, 0.6) is 0 Å². The second kappa shape index (κ2) is 4.70. The number of sulfonamides is 1. The van der Waals surface area contributed by atoms with Crippen molar-refractivity contribution in [2.24, 2.45) is 0 Å². The van der Waals surface area contributed by atoms with E-state index in [1.807, 2.05) is 0 Å². The molecular formula is C9H7N3O4S2. The number of aromatic carboxylic acids is 1. The first kappa shape index (κ1) is 12.5. The number of rotatable bonds is 4. The Hall–Kier alpha value is -2.00. The monoisotopic (exact) mass is 285 g/mol. The maximum Gasteiger partial charge on any atom is 0.345 e. The van der Waals surface area contributed by atoms with E-state index in [0.717, 1.165) is 17.4 Å². The lowest BCUT2D eigenvalue weighted by atomic mass is 10.5. The molecular weight excluding hydrogens is 278 g/mol. The fourth-order valence-corrected chi connectivity index (χ4v) is 3.22. The van der Waals surface area contributed by atoms with Crippen molar-refractivity contribution in [2.45, 2.75) is 4.90 Å². The van der Waals surface area contributed by atoms with Crippen LogP contribution in [0.3, 0.4) is 0 Å². The first-order valence-corrected chi connectivity index (χ1v) is 6.96. The maximum absolute atomic E-state index is 11.9. The summed E-state index contributed by atoms with van der Waals surface area (Å²) in [6.07, 6.45) is 4.00. The molecule has 2 aromatic rings. The van der Waals surface area contributed by atoms with Gasteiger partial charge in [-0.05, 0) is 6.07 Å². The summed E-state index contributed by atoms with van der Waals surface area (Å²) in [6.45, 7) is 0. The van der Waals surface area contributed by atoms with E-state index in [-0.39, 0.29) is 15.6 Å². The Balaban J connectivity index is 2.28. The average Bonchev–Trinajstić information content (AvgIpc) is 2.79. The summed E-state index contributed by atoms with van der Waals surface area (Å²) in [5.41, 5.74) is 0. The van der Waals surface area contributed by atoms with Crippen LogP contribution in [0.15, 0.2) is 34.9 Å². The van der Waals surface area contributed by atoms with Gasteiger partial charge >= 0.3 is 5.97 Å². The number of aromatic nitrogens is 2. The van der Waals surface area contributed by atoms with Crippen LogP contribution in [0.1, 0.15) is 9.67 Å². The second-order valence-electron chi connectivity index (χ2n) is 3.15. The van der Waals surface area contributed by atoms with Crippen LogP contribution in [0.2, 0.25) is 0 Å². The summed E-state index contributed by atoms with van der Waals surface area (Å²) in [4.78, 5) is 18.0. The van der Waals surface area contributed by atoms with E-state index in [1.54, 1.807) is 0 Å². The number of nitrogens with zero attached hydrogens (tertiary/aromatic N) is 2. The van der Waals surface area contributed by atoms with E-state index in [0.29, 0.717) is 0 Å². The molecule has 0 saturated heterocycles. The van der Waals surface area contributed by atoms with Crippen molar-refractivity contribution in [3.8, 4) is 0 Å². The van der Waals surface area contributed by atoms with Gasteiger partial charge in [0.25, 0.3) is 10.0 Å². The molecule has 94 valence electrons. The number of hydrogen-bond acceptors (Lipinski definition) is 6. The van der Waals surface area contributed by atoms with E-state index in [4.69, 9.17) is 5.11 Å². The van der Waals surface area contributed by atoms with Crippen molar-refractivity contribution >= 4 is 33.1 Å². The molecule has 9 heteroatoms. The molecule has 0 amide bonds. The third-order valence-corrected chi connectivity index (χ3v) is 4.30. The number of anilines is 1. The molecule has 7 nitrogen and oxygen atoms in total. The molecule has 2 N–H and O–H groups in total. The molecule has 0 aliphatic heterocycles. The van der Waals surface area contributed by atoms with Gasteiger partial charge in [0.2, 0.25) is 0 Å². The van der Waals surface area contributed by atoms with E-state index < -0.39 is 16.0 Å². The molecule has 0 unspecified atom stereocenters. The Bertz CT molecular complexity index is 666. The van der Waals surface area contributed by atoms with Gasteiger partial charge in [-0.2, -0.15) is 0 Å².